The van der Waals surface area contributed by atoms with Gasteiger partial charge in [0.05, 0.1) is 11.5 Å². The third-order valence-electron chi connectivity index (χ3n) is 5.09. The van der Waals surface area contributed by atoms with Crippen LogP contribution in [-0.2, 0) is 14.6 Å². The van der Waals surface area contributed by atoms with E-state index in [0.29, 0.717) is 6.42 Å². The molecule has 0 aromatic heterocycles. The summed E-state index contributed by atoms with van der Waals surface area (Å²) in [6, 6.07) is -0.191. The lowest BCUT2D eigenvalue weighted by molar-refractivity contribution is -0.124. The Balaban J connectivity index is 1.98. The normalized spacial score (nSPS) is 32.8. The third kappa shape index (κ3) is 2.17. The minimum Gasteiger partial charge on any atom is -0.352 e. The highest BCUT2D eigenvalue weighted by Gasteiger charge is 2.68. The predicted molar refractivity (Wildman–Crippen MR) is 70.9 cm³/mol. The Hall–Kier alpha value is -0.580. The van der Waals surface area contributed by atoms with Gasteiger partial charge >= 0.3 is 0 Å². The molecule has 2 rings (SSSR count). The van der Waals surface area contributed by atoms with E-state index in [4.69, 9.17) is 0 Å². The summed E-state index contributed by atoms with van der Waals surface area (Å²) in [7, 11) is -2.96. The first-order chi connectivity index (χ1) is 8.08. The molecule has 1 N–H and O–H groups in total. The molecule has 4 nitrogen and oxygen atoms in total. The Labute approximate surface area is 109 Å². The van der Waals surface area contributed by atoms with Crippen LogP contribution in [0.4, 0.5) is 0 Å². The van der Waals surface area contributed by atoms with Crippen LogP contribution in [-0.4, -0.2) is 31.9 Å². The number of amides is 1. The standard InChI is InChI=1S/C13H23NO3S/c1-12(2)10(13(12,3)4)11(15)14-9-6-5-7-18(16,17)8-9/h9-10H,5-8H2,1-4H3,(H,14,15). The van der Waals surface area contributed by atoms with Crippen molar-refractivity contribution < 1.29 is 13.2 Å². The quantitative estimate of drug-likeness (QED) is 0.826. The zero-order valence-electron chi connectivity index (χ0n) is 11.6. The molecular formula is C13H23NO3S. The number of carbonyl (C=O) groups is 1. The van der Waals surface area contributed by atoms with Gasteiger partial charge in [0.2, 0.25) is 5.91 Å². The predicted octanol–water partition coefficient (Wildman–Crippen LogP) is 1.36. The van der Waals surface area contributed by atoms with E-state index in [1.54, 1.807) is 0 Å². The van der Waals surface area contributed by atoms with Gasteiger partial charge in [-0.3, -0.25) is 4.79 Å². The summed E-state index contributed by atoms with van der Waals surface area (Å²) in [5, 5.41) is 2.93. The van der Waals surface area contributed by atoms with Crippen LogP contribution in [0.5, 0.6) is 0 Å². The summed E-state index contributed by atoms with van der Waals surface area (Å²) in [5.41, 5.74) is 0.00918. The molecule has 0 spiro atoms. The number of rotatable bonds is 2. The lowest BCUT2D eigenvalue weighted by atomic mass is 10.0. The summed E-state index contributed by atoms with van der Waals surface area (Å²) in [6.07, 6.45) is 1.43. The molecule has 0 aromatic rings. The Morgan fingerprint density at radius 3 is 2.17 bits per heavy atom. The summed E-state index contributed by atoms with van der Waals surface area (Å²) < 4.78 is 23.1. The highest BCUT2D eigenvalue weighted by molar-refractivity contribution is 7.91. The van der Waals surface area contributed by atoms with Crippen molar-refractivity contribution in [2.24, 2.45) is 16.7 Å². The van der Waals surface area contributed by atoms with Crippen molar-refractivity contribution in [3.8, 4) is 0 Å². The van der Waals surface area contributed by atoms with Crippen molar-refractivity contribution in [3.63, 3.8) is 0 Å². The van der Waals surface area contributed by atoms with Gasteiger partial charge in [0, 0.05) is 12.0 Å². The van der Waals surface area contributed by atoms with Crippen LogP contribution in [0.1, 0.15) is 40.5 Å². The van der Waals surface area contributed by atoms with Crippen LogP contribution >= 0.6 is 0 Å². The van der Waals surface area contributed by atoms with Gasteiger partial charge in [-0.2, -0.15) is 0 Å². The lowest BCUT2D eigenvalue weighted by Crippen LogP contribution is -2.44. The summed E-state index contributed by atoms with van der Waals surface area (Å²) in [4.78, 5) is 12.2. The van der Waals surface area contributed by atoms with Crippen LogP contribution in [0.3, 0.4) is 0 Å². The Kier molecular flexibility index (Phi) is 3.04. The number of hydrogen-bond donors (Lipinski definition) is 1. The maximum Gasteiger partial charge on any atom is 0.224 e. The van der Waals surface area contributed by atoms with Gasteiger partial charge in [-0.05, 0) is 23.7 Å². The monoisotopic (exact) mass is 273 g/mol. The molecule has 1 atom stereocenters. The molecule has 0 aromatic carbocycles. The van der Waals surface area contributed by atoms with E-state index in [1.807, 2.05) is 0 Å². The molecule has 1 amide bonds. The lowest BCUT2D eigenvalue weighted by Gasteiger charge is -2.23. The second kappa shape index (κ2) is 3.95. The molecule has 104 valence electrons. The molecule has 18 heavy (non-hydrogen) atoms. The first kappa shape index (κ1) is 13.8. The fourth-order valence-electron chi connectivity index (χ4n) is 3.27. The van der Waals surface area contributed by atoms with Crippen LogP contribution in [0.25, 0.3) is 0 Å². The minimum absolute atomic E-state index is 0.00459. The number of carbonyl (C=O) groups excluding carboxylic acids is 1. The molecular weight excluding hydrogens is 250 g/mol. The summed E-state index contributed by atoms with van der Waals surface area (Å²) >= 11 is 0. The first-order valence-electron chi connectivity index (χ1n) is 6.59. The van der Waals surface area contributed by atoms with Gasteiger partial charge in [0.25, 0.3) is 0 Å². The van der Waals surface area contributed by atoms with Crippen molar-refractivity contribution in [2.45, 2.75) is 46.6 Å². The van der Waals surface area contributed by atoms with Gasteiger partial charge in [-0.1, -0.05) is 27.7 Å². The first-order valence-corrected chi connectivity index (χ1v) is 8.41. The fraction of sp³-hybridized carbons (Fsp3) is 0.923. The van der Waals surface area contributed by atoms with Crippen molar-refractivity contribution in [1.82, 2.24) is 5.32 Å². The zero-order chi connectivity index (χ0) is 13.8. The summed E-state index contributed by atoms with van der Waals surface area (Å²) in [6.45, 7) is 8.37. The summed E-state index contributed by atoms with van der Waals surface area (Å²) in [5.74, 6) is 0.383. The highest BCUT2D eigenvalue weighted by atomic mass is 32.2. The molecule has 1 saturated heterocycles. The average molecular weight is 273 g/mol. The second-order valence-corrected chi connectivity index (χ2v) is 9.07. The van der Waals surface area contributed by atoms with Crippen LogP contribution in [0.15, 0.2) is 0 Å². The highest BCUT2D eigenvalue weighted by Crippen LogP contribution is 2.68. The van der Waals surface area contributed by atoms with Crippen molar-refractivity contribution in [3.05, 3.63) is 0 Å². The number of nitrogens with one attached hydrogen (secondary N) is 1. The Morgan fingerprint density at radius 1 is 1.17 bits per heavy atom. The molecule has 1 aliphatic carbocycles. The molecule has 2 fully saturated rings. The number of sulfone groups is 1. The van der Waals surface area contributed by atoms with E-state index in [1.165, 1.54) is 0 Å². The number of hydrogen-bond acceptors (Lipinski definition) is 3. The van der Waals surface area contributed by atoms with E-state index < -0.39 is 9.84 Å². The molecule has 0 radical (unpaired) electrons. The van der Waals surface area contributed by atoms with E-state index in [2.05, 4.69) is 33.0 Å². The molecule has 1 aliphatic heterocycles. The van der Waals surface area contributed by atoms with Crippen LogP contribution < -0.4 is 5.32 Å². The molecule has 0 bridgehead atoms. The van der Waals surface area contributed by atoms with Crippen LogP contribution in [0.2, 0.25) is 0 Å². The van der Waals surface area contributed by atoms with Gasteiger partial charge in [0.15, 0.2) is 9.84 Å². The van der Waals surface area contributed by atoms with Gasteiger partial charge in [-0.25, -0.2) is 8.42 Å². The van der Waals surface area contributed by atoms with E-state index in [-0.39, 0.29) is 40.2 Å². The Morgan fingerprint density at radius 2 is 1.72 bits per heavy atom. The zero-order valence-corrected chi connectivity index (χ0v) is 12.4. The fourth-order valence-corrected chi connectivity index (χ4v) is 4.91. The third-order valence-corrected chi connectivity index (χ3v) is 6.91. The maximum atomic E-state index is 12.2. The minimum atomic E-state index is -2.96. The van der Waals surface area contributed by atoms with Crippen molar-refractivity contribution in [1.29, 1.82) is 0 Å². The molecule has 2 aliphatic rings. The molecule has 5 heteroatoms. The second-order valence-electron chi connectivity index (χ2n) is 6.84. The van der Waals surface area contributed by atoms with Gasteiger partial charge < -0.3 is 5.32 Å². The maximum absolute atomic E-state index is 12.2. The largest absolute Gasteiger partial charge is 0.352 e. The molecule has 1 saturated carbocycles. The topological polar surface area (TPSA) is 63.2 Å². The van der Waals surface area contributed by atoms with Crippen LogP contribution in [0, 0.1) is 16.7 Å². The average Bonchev–Trinajstić information content (AvgIpc) is 2.54. The Bertz CT molecular complexity index is 451. The van der Waals surface area contributed by atoms with Crippen molar-refractivity contribution >= 4 is 15.7 Å². The van der Waals surface area contributed by atoms with E-state index >= 15 is 0 Å². The molecule has 1 heterocycles. The van der Waals surface area contributed by atoms with Gasteiger partial charge in [0.1, 0.15) is 0 Å². The van der Waals surface area contributed by atoms with Gasteiger partial charge in [-0.15, -0.1) is 0 Å². The smallest absolute Gasteiger partial charge is 0.224 e. The van der Waals surface area contributed by atoms with E-state index in [0.717, 1.165) is 6.42 Å². The molecule has 1 unspecified atom stereocenters. The van der Waals surface area contributed by atoms with E-state index in [9.17, 15) is 13.2 Å². The van der Waals surface area contributed by atoms with Crippen molar-refractivity contribution in [2.75, 3.05) is 11.5 Å². The SMILES string of the molecule is CC1(C)C(C(=O)NC2CCCS(=O)(=O)C2)C1(C)C.